The van der Waals surface area contributed by atoms with Crippen LogP contribution in [0.4, 0.5) is 10.2 Å². The first kappa shape index (κ1) is 17.9. The first-order valence-electron chi connectivity index (χ1n) is 7.76. The third-order valence-electron chi connectivity index (χ3n) is 3.32. The maximum absolute atomic E-state index is 12.9. The molecule has 3 rings (SSSR count). The third kappa shape index (κ3) is 4.79. The molecule has 0 saturated heterocycles. The van der Waals surface area contributed by atoms with Crippen molar-refractivity contribution in [3.8, 4) is 0 Å². The zero-order chi connectivity index (χ0) is 18.5. The maximum atomic E-state index is 12.9. The van der Waals surface area contributed by atoms with E-state index < -0.39 is 5.25 Å². The van der Waals surface area contributed by atoms with Gasteiger partial charge in [-0.2, -0.15) is 0 Å². The molecular formula is C17H16FN5O2S. The number of rotatable bonds is 6. The second kappa shape index (κ2) is 7.96. The van der Waals surface area contributed by atoms with Gasteiger partial charge in [0.05, 0.1) is 5.25 Å². The largest absolute Gasteiger partial charge is 0.360 e. The monoisotopic (exact) mass is 373 g/mol. The van der Waals surface area contributed by atoms with Crippen molar-refractivity contribution in [2.75, 3.05) is 5.32 Å². The number of hydrogen-bond acceptors (Lipinski definition) is 6. The molecule has 1 aromatic carbocycles. The predicted octanol–water partition coefficient (Wildman–Crippen LogP) is 3.53. The number of benzene rings is 1. The second-order valence-corrected chi connectivity index (χ2v) is 6.77. The molecule has 1 atom stereocenters. The predicted molar refractivity (Wildman–Crippen MR) is 96.9 cm³/mol. The highest BCUT2D eigenvalue weighted by molar-refractivity contribution is 8.00. The van der Waals surface area contributed by atoms with Gasteiger partial charge in [-0.15, -0.1) is 5.10 Å². The number of halogens is 1. The third-order valence-corrected chi connectivity index (χ3v) is 4.28. The molecule has 3 aromatic rings. The Morgan fingerprint density at radius 1 is 1.35 bits per heavy atom. The fourth-order valence-corrected chi connectivity index (χ4v) is 2.73. The minimum atomic E-state index is -0.420. The van der Waals surface area contributed by atoms with Crippen LogP contribution in [0, 0.1) is 12.7 Å². The Balaban J connectivity index is 1.57. The second-order valence-electron chi connectivity index (χ2n) is 5.46. The number of aryl methyl sites for hydroxylation is 1. The van der Waals surface area contributed by atoms with Crippen molar-refractivity contribution >= 4 is 35.6 Å². The lowest BCUT2D eigenvalue weighted by Gasteiger charge is -2.07. The minimum absolute atomic E-state index is 0.225. The van der Waals surface area contributed by atoms with Crippen molar-refractivity contribution in [1.29, 1.82) is 0 Å². The molecule has 2 aromatic heterocycles. The topological polar surface area (TPSA) is 96.7 Å². The van der Waals surface area contributed by atoms with E-state index >= 15 is 0 Å². The van der Waals surface area contributed by atoms with Crippen LogP contribution in [-0.4, -0.2) is 31.5 Å². The van der Waals surface area contributed by atoms with E-state index in [4.69, 9.17) is 4.52 Å². The van der Waals surface area contributed by atoms with Gasteiger partial charge in [0.25, 0.3) is 0 Å². The molecule has 2 heterocycles. The van der Waals surface area contributed by atoms with Crippen LogP contribution in [0.3, 0.4) is 0 Å². The van der Waals surface area contributed by atoms with Gasteiger partial charge in [-0.1, -0.05) is 35.1 Å². The number of nitrogens with one attached hydrogen (secondary N) is 2. The van der Waals surface area contributed by atoms with Crippen molar-refractivity contribution < 1.29 is 13.7 Å². The lowest BCUT2D eigenvalue weighted by molar-refractivity contribution is -0.115. The molecule has 0 radical (unpaired) electrons. The van der Waals surface area contributed by atoms with E-state index in [-0.39, 0.29) is 11.7 Å². The molecule has 0 spiro atoms. The average molecular weight is 373 g/mol. The zero-order valence-corrected chi connectivity index (χ0v) is 14.9. The van der Waals surface area contributed by atoms with Gasteiger partial charge in [0.2, 0.25) is 11.1 Å². The van der Waals surface area contributed by atoms with E-state index in [0.717, 1.165) is 5.56 Å². The molecule has 0 unspecified atom stereocenters. The van der Waals surface area contributed by atoms with Gasteiger partial charge < -0.3 is 9.84 Å². The lowest BCUT2D eigenvalue weighted by atomic mass is 10.2. The number of carbonyl (C=O) groups excluding carboxylic acids is 1. The Hall–Kier alpha value is -2.94. The summed E-state index contributed by atoms with van der Waals surface area (Å²) in [5.41, 5.74) is 0.840. The number of aromatic nitrogens is 4. The highest BCUT2D eigenvalue weighted by atomic mass is 32.2. The van der Waals surface area contributed by atoms with Crippen LogP contribution in [-0.2, 0) is 4.79 Å². The first-order chi connectivity index (χ1) is 12.5. The summed E-state index contributed by atoms with van der Waals surface area (Å²) < 4.78 is 17.8. The normalized spacial score (nSPS) is 12.4. The molecule has 0 fully saturated rings. The van der Waals surface area contributed by atoms with Gasteiger partial charge in [0.1, 0.15) is 17.4 Å². The number of aromatic amines is 1. The quantitative estimate of drug-likeness (QED) is 0.642. The van der Waals surface area contributed by atoms with E-state index in [1.165, 1.54) is 23.9 Å². The molecule has 9 heteroatoms. The molecule has 1 amide bonds. The number of anilines is 1. The summed E-state index contributed by atoms with van der Waals surface area (Å²) in [6.45, 7) is 3.49. The smallest absolute Gasteiger partial charge is 0.238 e. The van der Waals surface area contributed by atoms with Crippen LogP contribution < -0.4 is 5.32 Å². The maximum Gasteiger partial charge on any atom is 0.238 e. The molecule has 0 aliphatic rings. The number of amides is 1. The number of nitrogens with zero attached hydrogens (tertiary/aromatic N) is 3. The molecule has 0 aliphatic carbocycles. The van der Waals surface area contributed by atoms with Crippen LogP contribution >= 0.6 is 11.8 Å². The lowest BCUT2D eigenvalue weighted by Crippen LogP contribution is -2.22. The van der Waals surface area contributed by atoms with E-state index in [0.29, 0.717) is 22.6 Å². The van der Waals surface area contributed by atoms with Crippen LogP contribution in [0.25, 0.3) is 12.2 Å². The molecule has 0 bridgehead atoms. The van der Waals surface area contributed by atoms with Crippen LogP contribution in [0.15, 0.2) is 40.0 Å². The van der Waals surface area contributed by atoms with Gasteiger partial charge in [0, 0.05) is 6.07 Å². The number of hydrogen-bond donors (Lipinski definition) is 2. The van der Waals surface area contributed by atoms with Crippen molar-refractivity contribution in [3.05, 3.63) is 53.3 Å². The van der Waals surface area contributed by atoms with Crippen molar-refractivity contribution in [3.63, 3.8) is 0 Å². The Morgan fingerprint density at radius 2 is 2.12 bits per heavy atom. The zero-order valence-electron chi connectivity index (χ0n) is 14.1. The van der Waals surface area contributed by atoms with Crippen molar-refractivity contribution in [1.82, 2.24) is 20.3 Å². The average Bonchev–Trinajstić information content (AvgIpc) is 3.23. The van der Waals surface area contributed by atoms with Gasteiger partial charge in [-0.25, -0.2) is 9.37 Å². The Morgan fingerprint density at radius 3 is 2.81 bits per heavy atom. The summed E-state index contributed by atoms with van der Waals surface area (Å²) in [6.07, 6.45) is 3.52. The molecule has 7 nitrogen and oxygen atoms in total. The van der Waals surface area contributed by atoms with Gasteiger partial charge in [-0.05, 0) is 37.6 Å². The van der Waals surface area contributed by atoms with E-state index in [1.54, 1.807) is 44.2 Å². The minimum Gasteiger partial charge on any atom is -0.360 e. The first-order valence-corrected chi connectivity index (χ1v) is 8.64. The summed E-state index contributed by atoms with van der Waals surface area (Å²) in [5.74, 6) is 1.02. The fraction of sp³-hybridized carbons (Fsp3) is 0.176. The molecular weight excluding hydrogens is 357 g/mol. The summed E-state index contributed by atoms with van der Waals surface area (Å²) in [5, 5.41) is 13.3. The highest BCUT2D eigenvalue weighted by Crippen LogP contribution is 2.21. The standard InChI is InChI=1S/C17H16FN5O2S/c1-10-9-15(23-25-10)19-16(24)11(2)26-17-20-14(21-22-17)8-5-12-3-6-13(18)7-4-12/h3-9,11H,1-2H3,(H,19,23,24)(H,20,21,22)/b8-5+/t11-/m1/s1. The highest BCUT2D eigenvalue weighted by Gasteiger charge is 2.18. The van der Waals surface area contributed by atoms with Crippen molar-refractivity contribution in [2.24, 2.45) is 0 Å². The number of carbonyl (C=O) groups is 1. The SMILES string of the molecule is Cc1cc(NC(=O)[C@@H](C)Sc2n[nH]c(/C=C/c3ccc(F)cc3)n2)no1. The van der Waals surface area contributed by atoms with Crippen LogP contribution in [0.1, 0.15) is 24.1 Å². The van der Waals surface area contributed by atoms with Crippen LogP contribution in [0.2, 0.25) is 0 Å². The molecule has 0 aliphatic heterocycles. The Bertz CT molecular complexity index is 919. The number of H-pyrrole nitrogens is 1. The van der Waals surface area contributed by atoms with Crippen molar-refractivity contribution in [2.45, 2.75) is 24.3 Å². The number of thioether (sulfide) groups is 1. The Kier molecular flexibility index (Phi) is 5.47. The summed E-state index contributed by atoms with van der Waals surface area (Å²) in [4.78, 5) is 16.4. The molecule has 26 heavy (non-hydrogen) atoms. The van der Waals surface area contributed by atoms with Gasteiger partial charge in [0.15, 0.2) is 5.82 Å². The van der Waals surface area contributed by atoms with E-state index in [2.05, 4.69) is 25.7 Å². The Labute approximate surface area is 153 Å². The van der Waals surface area contributed by atoms with E-state index in [1.807, 2.05) is 0 Å². The van der Waals surface area contributed by atoms with E-state index in [9.17, 15) is 9.18 Å². The van der Waals surface area contributed by atoms with Crippen LogP contribution in [0.5, 0.6) is 0 Å². The summed E-state index contributed by atoms with van der Waals surface area (Å²) >= 11 is 1.21. The van der Waals surface area contributed by atoms with Gasteiger partial charge >= 0.3 is 0 Å². The summed E-state index contributed by atoms with van der Waals surface area (Å²) in [7, 11) is 0. The molecule has 134 valence electrons. The molecule has 0 saturated carbocycles. The fourth-order valence-electron chi connectivity index (χ4n) is 2.00. The molecule has 2 N–H and O–H groups in total. The van der Waals surface area contributed by atoms with Gasteiger partial charge in [-0.3, -0.25) is 9.89 Å². The summed E-state index contributed by atoms with van der Waals surface area (Å²) in [6, 6.07) is 7.74.